The maximum absolute atomic E-state index is 10.5. The highest BCUT2D eigenvalue weighted by Gasteiger charge is 2.03. The zero-order valence-electron chi connectivity index (χ0n) is 10.6. The number of aliphatic hydroxyl groups excluding tert-OH is 1. The Morgan fingerprint density at radius 3 is 2.61 bits per heavy atom. The van der Waals surface area contributed by atoms with E-state index in [0.29, 0.717) is 12.3 Å². The maximum atomic E-state index is 10.5. The second-order valence-electron chi connectivity index (χ2n) is 4.07. The first-order valence-corrected chi connectivity index (χ1v) is 6.00. The molecule has 0 heterocycles. The summed E-state index contributed by atoms with van der Waals surface area (Å²) in [6.45, 7) is 2.74. The summed E-state index contributed by atoms with van der Waals surface area (Å²) < 4.78 is 5.16. The van der Waals surface area contributed by atoms with Gasteiger partial charge in [0, 0.05) is 12.6 Å². The topological polar surface area (TPSA) is 84.6 Å². The Hall–Kier alpha value is -1.59. The Labute approximate surface area is 107 Å². The Kier molecular flexibility index (Phi) is 6.18. The van der Waals surface area contributed by atoms with Gasteiger partial charge in [-0.2, -0.15) is 0 Å². The molecule has 0 saturated carbocycles. The van der Waals surface area contributed by atoms with Crippen molar-refractivity contribution in [3.8, 4) is 5.75 Å². The highest BCUT2D eigenvalue weighted by molar-refractivity contribution is 5.75. The highest BCUT2D eigenvalue weighted by atomic mass is 16.5. The summed E-state index contributed by atoms with van der Waals surface area (Å²) in [6.07, 6.45) is 0.885. The smallest absolute Gasteiger partial charge is 0.255 e. The van der Waals surface area contributed by atoms with E-state index in [9.17, 15) is 4.79 Å². The van der Waals surface area contributed by atoms with Crippen LogP contribution in [0.4, 0.5) is 0 Å². The molecule has 1 aromatic carbocycles. The SMILES string of the molecule is CC[C@H](CO)NCc1ccc(OCC(N)=O)cc1. The van der Waals surface area contributed by atoms with E-state index >= 15 is 0 Å². The number of primary amides is 1. The van der Waals surface area contributed by atoms with Gasteiger partial charge in [-0.05, 0) is 24.1 Å². The van der Waals surface area contributed by atoms with Gasteiger partial charge in [0.2, 0.25) is 0 Å². The molecule has 4 N–H and O–H groups in total. The average molecular weight is 252 g/mol. The molecule has 0 aliphatic heterocycles. The lowest BCUT2D eigenvalue weighted by Crippen LogP contribution is -2.31. The van der Waals surface area contributed by atoms with Gasteiger partial charge in [0.15, 0.2) is 6.61 Å². The van der Waals surface area contributed by atoms with Crippen molar-refractivity contribution >= 4 is 5.91 Å². The highest BCUT2D eigenvalue weighted by Crippen LogP contribution is 2.12. The summed E-state index contributed by atoms with van der Waals surface area (Å²) in [5.41, 5.74) is 6.08. The Balaban J connectivity index is 2.42. The molecule has 0 aliphatic carbocycles. The fraction of sp³-hybridized carbons (Fsp3) is 0.462. The molecule has 0 aromatic heterocycles. The number of carbonyl (C=O) groups excluding carboxylic acids is 1. The summed E-state index contributed by atoms with van der Waals surface area (Å²) in [6, 6.07) is 7.52. The number of aliphatic hydroxyl groups is 1. The van der Waals surface area contributed by atoms with Crippen LogP contribution >= 0.6 is 0 Å². The zero-order chi connectivity index (χ0) is 13.4. The van der Waals surface area contributed by atoms with Crippen LogP contribution in [0, 0.1) is 0 Å². The lowest BCUT2D eigenvalue weighted by Gasteiger charge is -2.14. The van der Waals surface area contributed by atoms with Crippen LogP contribution in [-0.2, 0) is 11.3 Å². The molecule has 0 radical (unpaired) electrons. The molecular weight excluding hydrogens is 232 g/mol. The van der Waals surface area contributed by atoms with E-state index in [2.05, 4.69) is 5.32 Å². The van der Waals surface area contributed by atoms with E-state index in [1.54, 1.807) is 12.1 Å². The minimum atomic E-state index is -0.491. The molecule has 0 saturated heterocycles. The number of nitrogens with two attached hydrogens (primary N) is 1. The lowest BCUT2D eigenvalue weighted by molar-refractivity contribution is -0.119. The molecule has 1 rings (SSSR count). The molecule has 5 heteroatoms. The maximum Gasteiger partial charge on any atom is 0.255 e. The van der Waals surface area contributed by atoms with Crippen molar-refractivity contribution in [2.45, 2.75) is 25.9 Å². The number of hydrogen-bond donors (Lipinski definition) is 3. The van der Waals surface area contributed by atoms with Gasteiger partial charge in [-0.15, -0.1) is 0 Å². The van der Waals surface area contributed by atoms with Gasteiger partial charge in [0.25, 0.3) is 5.91 Å². The van der Waals surface area contributed by atoms with Gasteiger partial charge < -0.3 is 20.9 Å². The number of carbonyl (C=O) groups is 1. The van der Waals surface area contributed by atoms with Crippen molar-refractivity contribution in [2.24, 2.45) is 5.73 Å². The summed E-state index contributed by atoms with van der Waals surface area (Å²) in [5.74, 6) is 0.126. The molecule has 0 bridgehead atoms. The third-order valence-corrected chi connectivity index (χ3v) is 2.61. The second-order valence-corrected chi connectivity index (χ2v) is 4.07. The number of rotatable bonds is 8. The van der Waals surface area contributed by atoms with E-state index < -0.39 is 5.91 Å². The van der Waals surface area contributed by atoms with Crippen LogP contribution in [0.15, 0.2) is 24.3 Å². The molecule has 0 fully saturated rings. The predicted molar refractivity (Wildman–Crippen MR) is 69.1 cm³/mol. The van der Waals surface area contributed by atoms with Gasteiger partial charge >= 0.3 is 0 Å². The standard InChI is InChI=1S/C13H20N2O3/c1-2-11(8-16)15-7-10-3-5-12(6-4-10)18-9-13(14)17/h3-6,11,15-16H,2,7-9H2,1H3,(H2,14,17)/t11-/m1/s1. The van der Waals surface area contributed by atoms with Gasteiger partial charge in [-0.3, -0.25) is 4.79 Å². The van der Waals surface area contributed by atoms with Crippen LogP contribution in [0.2, 0.25) is 0 Å². The van der Waals surface area contributed by atoms with Crippen LogP contribution in [0.1, 0.15) is 18.9 Å². The van der Waals surface area contributed by atoms with Gasteiger partial charge in [-0.1, -0.05) is 19.1 Å². The Morgan fingerprint density at radius 2 is 2.11 bits per heavy atom. The van der Waals surface area contributed by atoms with Crippen LogP contribution in [0.3, 0.4) is 0 Å². The first kappa shape index (κ1) is 14.5. The van der Waals surface area contributed by atoms with Crippen LogP contribution < -0.4 is 15.8 Å². The van der Waals surface area contributed by atoms with E-state index in [4.69, 9.17) is 15.6 Å². The number of amides is 1. The Bertz CT molecular complexity index is 361. The molecule has 0 unspecified atom stereocenters. The molecule has 1 aromatic rings. The van der Waals surface area contributed by atoms with Gasteiger partial charge in [0.1, 0.15) is 5.75 Å². The van der Waals surface area contributed by atoms with Gasteiger partial charge in [-0.25, -0.2) is 0 Å². The van der Waals surface area contributed by atoms with E-state index in [1.807, 2.05) is 19.1 Å². The summed E-state index contributed by atoms with van der Waals surface area (Å²) >= 11 is 0. The van der Waals surface area contributed by atoms with Crippen molar-refractivity contribution in [1.82, 2.24) is 5.32 Å². The second kappa shape index (κ2) is 7.68. The van der Waals surface area contributed by atoms with Crippen LogP contribution in [-0.4, -0.2) is 30.3 Å². The van der Waals surface area contributed by atoms with Gasteiger partial charge in [0.05, 0.1) is 6.61 Å². The molecule has 1 amide bonds. The minimum absolute atomic E-state index is 0.111. The summed E-state index contributed by atoms with van der Waals surface area (Å²) in [5, 5.41) is 12.3. The van der Waals surface area contributed by atoms with E-state index in [-0.39, 0.29) is 19.3 Å². The van der Waals surface area contributed by atoms with Crippen molar-refractivity contribution in [3.05, 3.63) is 29.8 Å². The molecule has 0 spiro atoms. The number of nitrogens with one attached hydrogen (secondary N) is 1. The number of benzene rings is 1. The fourth-order valence-electron chi connectivity index (χ4n) is 1.46. The first-order valence-electron chi connectivity index (χ1n) is 6.00. The number of hydrogen-bond acceptors (Lipinski definition) is 4. The molecular formula is C13H20N2O3. The minimum Gasteiger partial charge on any atom is -0.484 e. The van der Waals surface area contributed by atoms with Crippen molar-refractivity contribution in [1.29, 1.82) is 0 Å². The molecule has 100 valence electrons. The van der Waals surface area contributed by atoms with Crippen molar-refractivity contribution in [2.75, 3.05) is 13.2 Å². The van der Waals surface area contributed by atoms with E-state index in [1.165, 1.54) is 0 Å². The third-order valence-electron chi connectivity index (χ3n) is 2.61. The normalized spacial score (nSPS) is 12.1. The summed E-state index contributed by atoms with van der Waals surface area (Å²) in [4.78, 5) is 10.5. The molecule has 18 heavy (non-hydrogen) atoms. The lowest BCUT2D eigenvalue weighted by atomic mass is 10.2. The predicted octanol–water partition coefficient (Wildman–Crippen LogP) is 0.411. The average Bonchev–Trinajstić information content (AvgIpc) is 2.39. The molecule has 5 nitrogen and oxygen atoms in total. The third kappa shape index (κ3) is 5.16. The largest absolute Gasteiger partial charge is 0.484 e. The number of ether oxygens (including phenoxy) is 1. The quantitative estimate of drug-likeness (QED) is 0.625. The fourth-order valence-corrected chi connectivity index (χ4v) is 1.46. The first-order chi connectivity index (χ1) is 8.65. The zero-order valence-corrected chi connectivity index (χ0v) is 10.6. The van der Waals surface area contributed by atoms with Crippen molar-refractivity contribution in [3.63, 3.8) is 0 Å². The van der Waals surface area contributed by atoms with Crippen LogP contribution in [0.25, 0.3) is 0 Å². The molecule has 0 aliphatic rings. The van der Waals surface area contributed by atoms with E-state index in [0.717, 1.165) is 12.0 Å². The monoisotopic (exact) mass is 252 g/mol. The van der Waals surface area contributed by atoms with Crippen LogP contribution in [0.5, 0.6) is 5.75 Å². The van der Waals surface area contributed by atoms with Crippen molar-refractivity contribution < 1.29 is 14.6 Å². The Morgan fingerprint density at radius 1 is 1.44 bits per heavy atom. The summed E-state index contributed by atoms with van der Waals surface area (Å²) in [7, 11) is 0. The molecule has 1 atom stereocenters.